The molecule has 2 aromatic rings. The number of carbonyl (C=O) groups excluding carboxylic acids is 1. The Morgan fingerprint density at radius 3 is 2.94 bits per heavy atom. The van der Waals surface area contributed by atoms with Gasteiger partial charge in [-0.05, 0) is 25.0 Å². The molecule has 1 saturated carbocycles. The number of amides is 1. The van der Waals surface area contributed by atoms with Crippen LogP contribution >= 0.6 is 11.3 Å². The Hall–Kier alpha value is -1.46. The van der Waals surface area contributed by atoms with Crippen LogP contribution in [0.2, 0.25) is 0 Å². The van der Waals surface area contributed by atoms with Gasteiger partial charge in [-0.15, -0.1) is 11.3 Å². The van der Waals surface area contributed by atoms with Crippen LogP contribution in [-0.2, 0) is 11.2 Å². The van der Waals surface area contributed by atoms with Crippen molar-refractivity contribution < 1.29 is 4.79 Å². The van der Waals surface area contributed by atoms with Crippen LogP contribution in [0.4, 0.5) is 0 Å². The summed E-state index contributed by atoms with van der Waals surface area (Å²) < 4.78 is 1.19. The third-order valence-electron chi connectivity index (χ3n) is 3.20. The summed E-state index contributed by atoms with van der Waals surface area (Å²) >= 11 is 1.68. The molecule has 94 valence electrons. The number of fused-ring (bicyclic) bond motifs is 1. The molecule has 5 heteroatoms. The standard InChI is InChI=1S/C13H15N3OS/c14-13(6-7-13)12(17)15-8-5-11-16-9-3-1-2-4-10(9)18-11/h1-4H,5-8,14H2,(H,15,17). The maximum atomic E-state index is 11.6. The zero-order valence-corrected chi connectivity index (χ0v) is 10.8. The summed E-state index contributed by atoms with van der Waals surface area (Å²) in [7, 11) is 0. The van der Waals surface area contributed by atoms with E-state index >= 15 is 0 Å². The number of nitrogens with two attached hydrogens (primary N) is 1. The second-order valence-electron chi connectivity index (χ2n) is 4.74. The topological polar surface area (TPSA) is 68.0 Å². The lowest BCUT2D eigenvalue weighted by atomic mass is 10.2. The largest absolute Gasteiger partial charge is 0.354 e. The lowest BCUT2D eigenvalue weighted by Gasteiger charge is -2.08. The van der Waals surface area contributed by atoms with E-state index in [9.17, 15) is 4.79 Å². The molecule has 18 heavy (non-hydrogen) atoms. The zero-order valence-electron chi connectivity index (χ0n) is 9.98. The molecular weight excluding hydrogens is 246 g/mol. The number of aromatic nitrogens is 1. The van der Waals surface area contributed by atoms with Crippen LogP contribution in [-0.4, -0.2) is 23.0 Å². The summed E-state index contributed by atoms with van der Waals surface area (Å²) in [6.45, 7) is 0.609. The predicted molar refractivity (Wildman–Crippen MR) is 72.5 cm³/mol. The maximum Gasteiger partial charge on any atom is 0.240 e. The summed E-state index contributed by atoms with van der Waals surface area (Å²) in [6.07, 6.45) is 2.38. The van der Waals surface area contributed by atoms with E-state index in [-0.39, 0.29) is 5.91 Å². The normalized spacial score (nSPS) is 16.7. The minimum absolute atomic E-state index is 0.0244. The van der Waals surface area contributed by atoms with Gasteiger partial charge in [0.25, 0.3) is 0 Å². The minimum Gasteiger partial charge on any atom is -0.354 e. The Bertz CT molecular complexity index is 556. The van der Waals surface area contributed by atoms with Crippen molar-refractivity contribution in [1.82, 2.24) is 10.3 Å². The second-order valence-corrected chi connectivity index (χ2v) is 5.85. The third kappa shape index (κ3) is 2.23. The van der Waals surface area contributed by atoms with Crippen LogP contribution in [0.1, 0.15) is 17.8 Å². The van der Waals surface area contributed by atoms with Gasteiger partial charge in [0.1, 0.15) is 0 Å². The molecular formula is C13H15N3OS. The number of para-hydroxylation sites is 1. The van der Waals surface area contributed by atoms with E-state index in [0.29, 0.717) is 6.54 Å². The van der Waals surface area contributed by atoms with Crippen molar-refractivity contribution in [3.05, 3.63) is 29.3 Å². The number of benzene rings is 1. The van der Waals surface area contributed by atoms with Crippen LogP contribution in [0.3, 0.4) is 0 Å². The van der Waals surface area contributed by atoms with Gasteiger partial charge in [0, 0.05) is 13.0 Å². The first kappa shape index (κ1) is 11.6. The van der Waals surface area contributed by atoms with Gasteiger partial charge < -0.3 is 11.1 Å². The number of rotatable bonds is 4. The first-order valence-corrected chi connectivity index (χ1v) is 6.91. The van der Waals surface area contributed by atoms with E-state index in [1.54, 1.807) is 11.3 Å². The fraction of sp³-hybridized carbons (Fsp3) is 0.385. The molecule has 0 atom stereocenters. The molecule has 0 bridgehead atoms. The van der Waals surface area contributed by atoms with E-state index in [4.69, 9.17) is 5.73 Å². The van der Waals surface area contributed by atoms with Gasteiger partial charge in [0.05, 0.1) is 20.8 Å². The van der Waals surface area contributed by atoms with Crippen molar-refractivity contribution in [2.75, 3.05) is 6.54 Å². The van der Waals surface area contributed by atoms with Crippen molar-refractivity contribution in [2.24, 2.45) is 5.73 Å². The number of nitrogens with one attached hydrogen (secondary N) is 1. The molecule has 1 aliphatic carbocycles. The highest BCUT2D eigenvalue weighted by atomic mass is 32.1. The first-order chi connectivity index (χ1) is 8.67. The van der Waals surface area contributed by atoms with Crippen molar-refractivity contribution in [3.63, 3.8) is 0 Å². The smallest absolute Gasteiger partial charge is 0.240 e. The van der Waals surface area contributed by atoms with Crippen LogP contribution < -0.4 is 11.1 Å². The first-order valence-electron chi connectivity index (χ1n) is 6.09. The van der Waals surface area contributed by atoms with E-state index < -0.39 is 5.54 Å². The lowest BCUT2D eigenvalue weighted by molar-refractivity contribution is -0.123. The molecule has 0 aliphatic heterocycles. The highest BCUT2D eigenvalue weighted by molar-refractivity contribution is 7.18. The van der Waals surface area contributed by atoms with Crippen molar-refractivity contribution in [2.45, 2.75) is 24.8 Å². The second kappa shape index (κ2) is 4.33. The van der Waals surface area contributed by atoms with Gasteiger partial charge in [-0.2, -0.15) is 0 Å². The third-order valence-corrected chi connectivity index (χ3v) is 4.30. The highest BCUT2D eigenvalue weighted by Crippen LogP contribution is 2.32. The average molecular weight is 261 g/mol. The monoisotopic (exact) mass is 261 g/mol. The van der Waals surface area contributed by atoms with Crippen molar-refractivity contribution in [1.29, 1.82) is 0 Å². The molecule has 1 aromatic carbocycles. The molecule has 0 saturated heterocycles. The van der Waals surface area contributed by atoms with E-state index in [1.807, 2.05) is 18.2 Å². The fourth-order valence-corrected chi connectivity index (χ4v) is 2.81. The molecule has 1 aliphatic rings. The number of carbonyl (C=O) groups is 1. The van der Waals surface area contributed by atoms with E-state index in [0.717, 1.165) is 29.8 Å². The summed E-state index contributed by atoms with van der Waals surface area (Å²) in [4.78, 5) is 16.2. The number of hydrogen-bond acceptors (Lipinski definition) is 4. The number of nitrogens with zero attached hydrogens (tertiary/aromatic N) is 1. The molecule has 0 unspecified atom stereocenters. The van der Waals surface area contributed by atoms with Gasteiger partial charge in [-0.25, -0.2) is 4.98 Å². The zero-order chi connectivity index (χ0) is 12.6. The Kier molecular flexibility index (Phi) is 2.80. The van der Waals surface area contributed by atoms with Crippen LogP contribution in [0, 0.1) is 0 Å². The Balaban J connectivity index is 1.58. The Morgan fingerprint density at radius 1 is 1.44 bits per heavy atom. The number of thiazole rings is 1. The average Bonchev–Trinajstić information content (AvgIpc) is 2.99. The maximum absolute atomic E-state index is 11.6. The molecule has 1 heterocycles. The molecule has 4 nitrogen and oxygen atoms in total. The van der Waals surface area contributed by atoms with Crippen LogP contribution in [0.5, 0.6) is 0 Å². The SMILES string of the molecule is NC1(C(=O)NCCc2nc3ccccc3s2)CC1. The Labute approximate surface area is 109 Å². The molecule has 3 N–H and O–H groups in total. The van der Waals surface area contributed by atoms with Crippen molar-refractivity contribution >= 4 is 27.5 Å². The predicted octanol–water partition coefficient (Wildman–Crippen LogP) is 1.45. The summed E-state index contributed by atoms with van der Waals surface area (Å²) in [5.74, 6) is -0.0244. The quantitative estimate of drug-likeness (QED) is 0.875. The van der Waals surface area contributed by atoms with Crippen molar-refractivity contribution in [3.8, 4) is 0 Å². The number of hydrogen-bond donors (Lipinski definition) is 2. The molecule has 0 spiro atoms. The van der Waals surface area contributed by atoms with Gasteiger partial charge in [-0.3, -0.25) is 4.79 Å². The Morgan fingerprint density at radius 2 is 2.22 bits per heavy atom. The highest BCUT2D eigenvalue weighted by Gasteiger charge is 2.45. The molecule has 1 amide bonds. The van der Waals surface area contributed by atoms with Gasteiger partial charge in [0.15, 0.2) is 0 Å². The molecule has 1 aromatic heterocycles. The van der Waals surface area contributed by atoms with Gasteiger partial charge >= 0.3 is 0 Å². The summed E-state index contributed by atoms with van der Waals surface area (Å²) in [5.41, 5.74) is 6.26. The lowest BCUT2D eigenvalue weighted by Crippen LogP contribution is -2.43. The minimum atomic E-state index is -0.576. The summed E-state index contributed by atoms with van der Waals surface area (Å²) in [6, 6.07) is 8.07. The molecule has 1 fully saturated rings. The molecule has 0 radical (unpaired) electrons. The summed E-state index contributed by atoms with van der Waals surface area (Å²) in [5, 5.41) is 3.93. The van der Waals surface area contributed by atoms with Crippen LogP contribution in [0.25, 0.3) is 10.2 Å². The van der Waals surface area contributed by atoms with Gasteiger partial charge in [0.2, 0.25) is 5.91 Å². The fourth-order valence-electron chi connectivity index (χ4n) is 1.85. The van der Waals surface area contributed by atoms with E-state index in [1.165, 1.54) is 4.70 Å². The van der Waals surface area contributed by atoms with E-state index in [2.05, 4.69) is 16.4 Å². The molecule has 3 rings (SSSR count). The van der Waals surface area contributed by atoms with Crippen LogP contribution in [0.15, 0.2) is 24.3 Å². The van der Waals surface area contributed by atoms with Gasteiger partial charge in [-0.1, -0.05) is 12.1 Å².